The van der Waals surface area contributed by atoms with Crippen molar-refractivity contribution in [2.75, 3.05) is 16.2 Å². The summed E-state index contributed by atoms with van der Waals surface area (Å²) in [6.07, 6.45) is 0. The summed E-state index contributed by atoms with van der Waals surface area (Å²) < 4.78 is 27.1. The Morgan fingerprint density at radius 3 is 2.52 bits per heavy atom. The number of nitrogens with zero attached hydrogens (tertiary/aromatic N) is 3. The Bertz CT molecular complexity index is 1350. The van der Waals surface area contributed by atoms with Gasteiger partial charge in [-0.3, -0.25) is 14.4 Å². The molecule has 1 aliphatic rings. The van der Waals surface area contributed by atoms with Crippen LogP contribution in [0.4, 0.5) is 10.8 Å². The zero-order chi connectivity index (χ0) is 20.0. The Morgan fingerprint density at radius 1 is 0.966 bits per heavy atom. The Kier molecular flexibility index (Phi) is 4.07. The van der Waals surface area contributed by atoms with E-state index in [4.69, 9.17) is 0 Å². The van der Waals surface area contributed by atoms with Crippen molar-refractivity contribution in [2.24, 2.45) is 0 Å². The lowest BCUT2D eigenvalue weighted by atomic mass is 10.1. The summed E-state index contributed by atoms with van der Waals surface area (Å²) in [7, 11) is -3.78. The highest BCUT2D eigenvalue weighted by atomic mass is 32.2. The van der Waals surface area contributed by atoms with Crippen LogP contribution >= 0.6 is 11.3 Å². The van der Waals surface area contributed by atoms with Crippen LogP contribution in [0.3, 0.4) is 0 Å². The Hall–Kier alpha value is -3.30. The first kappa shape index (κ1) is 17.8. The number of benzene rings is 3. The second-order valence-electron chi connectivity index (χ2n) is 6.47. The quantitative estimate of drug-likeness (QED) is 0.543. The number of hydrogen-bond donors (Lipinski definition) is 1. The van der Waals surface area contributed by atoms with Crippen molar-refractivity contribution in [3.05, 3.63) is 66.7 Å². The van der Waals surface area contributed by atoms with Gasteiger partial charge in [0.25, 0.3) is 10.0 Å². The molecule has 1 N–H and O–H groups in total. The van der Waals surface area contributed by atoms with Crippen molar-refractivity contribution in [2.45, 2.75) is 4.90 Å². The van der Waals surface area contributed by atoms with Gasteiger partial charge in [-0.05, 0) is 17.5 Å². The first-order valence-corrected chi connectivity index (χ1v) is 11.0. The predicted molar refractivity (Wildman–Crippen MR) is 112 cm³/mol. The molecule has 4 aromatic rings. The summed E-state index contributed by atoms with van der Waals surface area (Å²) in [5.41, 5.74) is 1.41. The van der Waals surface area contributed by atoms with E-state index in [1.54, 1.807) is 24.3 Å². The molecule has 0 bridgehead atoms. The number of amides is 1. The van der Waals surface area contributed by atoms with Crippen LogP contribution in [0.1, 0.15) is 0 Å². The maximum Gasteiger partial charge on any atom is 0.265 e. The average molecular weight is 422 g/mol. The third-order valence-electron chi connectivity index (χ3n) is 4.66. The molecule has 1 aromatic heterocycles. The molecule has 7 nitrogen and oxygen atoms in total. The molecular weight excluding hydrogens is 408 g/mol. The smallest absolute Gasteiger partial charge is 0.265 e. The fourth-order valence-corrected chi connectivity index (χ4v) is 5.82. The molecule has 0 spiro atoms. The van der Waals surface area contributed by atoms with Crippen LogP contribution in [0.15, 0.2) is 71.6 Å². The van der Waals surface area contributed by atoms with Crippen molar-refractivity contribution in [1.29, 1.82) is 0 Å². The Morgan fingerprint density at radius 2 is 1.72 bits per heavy atom. The second kappa shape index (κ2) is 6.64. The largest absolute Gasteiger partial charge is 0.299 e. The molecule has 2 heterocycles. The summed E-state index contributed by atoms with van der Waals surface area (Å²) in [5.74, 6) is -0.478. The van der Waals surface area contributed by atoms with Crippen molar-refractivity contribution >= 4 is 48.9 Å². The molecule has 5 rings (SSSR count). The van der Waals surface area contributed by atoms with E-state index in [9.17, 15) is 13.2 Å². The normalized spacial score (nSPS) is 14.3. The van der Waals surface area contributed by atoms with Gasteiger partial charge in [0.2, 0.25) is 11.0 Å². The first-order chi connectivity index (χ1) is 14.0. The average Bonchev–Trinajstić information content (AvgIpc) is 3.27. The van der Waals surface area contributed by atoms with Crippen LogP contribution in [0, 0.1) is 0 Å². The summed E-state index contributed by atoms with van der Waals surface area (Å²) in [5, 5.41) is 13.2. The molecule has 1 amide bonds. The van der Waals surface area contributed by atoms with Gasteiger partial charge in [0.1, 0.15) is 11.6 Å². The molecule has 29 heavy (non-hydrogen) atoms. The summed E-state index contributed by atoms with van der Waals surface area (Å²) in [6, 6.07) is 20.0. The third kappa shape index (κ3) is 2.95. The molecule has 0 saturated carbocycles. The third-order valence-corrected chi connectivity index (χ3v) is 7.35. The molecule has 0 radical (unpaired) electrons. The minimum absolute atomic E-state index is 0.223. The topological polar surface area (TPSA) is 92.3 Å². The molecule has 0 saturated heterocycles. The van der Waals surface area contributed by atoms with Gasteiger partial charge in [0, 0.05) is 10.9 Å². The predicted octanol–water partition coefficient (Wildman–Crippen LogP) is 3.51. The Labute approximate surface area is 170 Å². The lowest BCUT2D eigenvalue weighted by Gasteiger charge is -2.17. The van der Waals surface area contributed by atoms with E-state index in [1.165, 1.54) is 11.3 Å². The molecule has 1 aliphatic heterocycles. The van der Waals surface area contributed by atoms with Crippen LogP contribution in [-0.4, -0.2) is 31.1 Å². The van der Waals surface area contributed by atoms with Gasteiger partial charge < -0.3 is 0 Å². The van der Waals surface area contributed by atoms with Gasteiger partial charge in [-0.15, -0.1) is 10.2 Å². The van der Waals surface area contributed by atoms with E-state index < -0.39 is 15.9 Å². The van der Waals surface area contributed by atoms with Crippen LogP contribution in [0.5, 0.6) is 0 Å². The molecule has 144 valence electrons. The lowest BCUT2D eigenvalue weighted by molar-refractivity contribution is -0.114. The molecular formula is C20H14N4O3S2. The minimum atomic E-state index is -3.78. The molecule has 0 unspecified atom stereocenters. The van der Waals surface area contributed by atoms with E-state index in [0.717, 1.165) is 15.3 Å². The Balaban J connectivity index is 1.40. The van der Waals surface area contributed by atoms with Gasteiger partial charge in [-0.25, -0.2) is 8.42 Å². The lowest BCUT2D eigenvalue weighted by Crippen LogP contribution is -2.35. The van der Waals surface area contributed by atoms with Crippen LogP contribution in [0.25, 0.3) is 21.3 Å². The van der Waals surface area contributed by atoms with Gasteiger partial charge in [0.05, 0.1) is 10.6 Å². The number of sulfonamides is 1. The number of rotatable bonds is 4. The summed E-state index contributed by atoms with van der Waals surface area (Å²) in [6.45, 7) is -0.337. The van der Waals surface area contributed by atoms with Gasteiger partial charge in [0.15, 0.2) is 0 Å². The van der Waals surface area contributed by atoms with Crippen LogP contribution in [0.2, 0.25) is 0 Å². The van der Waals surface area contributed by atoms with Gasteiger partial charge >= 0.3 is 0 Å². The standard InChI is InChI=1S/C20H14N4O3S2/c25-17(21-20-23-22-19(28-20)14-6-2-1-3-7-14)12-24-15-10-4-8-13-9-5-11-16(18(13)15)29(24,26)27/h1-11H,12H2,(H,21,23,25). The highest BCUT2D eigenvalue weighted by Gasteiger charge is 2.36. The van der Waals surface area contributed by atoms with Gasteiger partial charge in [-0.2, -0.15) is 0 Å². The summed E-state index contributed by atoms with van der Waals surface area (Å²) >= 11 is 1.23. The fourth-order valence-electron chi connectivity index (χ4n) is 3.39. The molecule has 3 aromatic carbocycles. The minimum Gasteiger partial charge on any atom is -0.299 e. The number of hydrogen-bond acceptors (Lipinski definition) is 6. The molecule has 0 fully saturated rings. The van der Waals surface area contributed by atoms with E-state index >= 15 is 0 Å². The number of aromatic nitrogens is 2. The van der Waals surface area contributed by atoms with E-state index in [2.05, 4.69) is 15.5 Å². The fraction of sp³-hybridized carbons (Fsp3) is 0.0500. The molecule has 0 aliphatic carbocycles. The molecule has 0 atom stereocenters. The number of carbonyl (C=O) groups is 1. The van der Waals surface area contributed by atoms with Crippen molar-refractivity contribution in [1.82, 2.24) is 10.2 Å². The monoisotopic (exact) mass is 422 g/mol. The highest BCUT2D eigenvalue weighted by molar-refractivity contribution is 7.93. The van der Waals surface area contributed by atoms with Crippen molar-refractivity contribution in [3.63, 3.8) is 0 Å². The van der Waals surface area contributed by atoms with E-state index in [1.807, 2.05) is 42.5 Å². The highest BCUT2D eigenvalue weighted by Crippen LogP contribution is 2.41. The second-order valence-corrected chi connectivity index (χ2v) is 9.28. The zero-order valence-corrected chi connectivity index (χ0v) is 16.6. The maximum absolute atomic E-state index is 13.0. The summed E-state index contributed by atoms with van der Waals surface area (Å²) in [4.78, 5) is 12.8. The van der Waals surface area contributed by atoms with E-state index in [-0.39, 0.29) is 11.4 Å². The van der Waals surface area contributed by atoms with Crippen LogP contribution < -0.4 is 9.62 Å². The number of carbonyl (C=O) groups excluding carboxylic acids is 1. The maximum atomic E-state index is 13.0. The molecule has 9 heteroatoms. The number of nitrogens with one attached hydrogen (secondary N) is 1. The first-order valence-electron chi connectivity index (χ1n) is 8.77. The van der Waals surface area contributed by atoms with Crippen LogP contribution in [-0.2, 0) is 14.8 Å². The van der Waals surface area contributed by atoms with E-state index in [0.29, 0.717) is 21.2 Å². The number of anilines is 2. The van der Waals surface area contributed by atoms with Crippen molar-refractivity contribution < 1.29 is 13.2 Å². The zero-order valence-electron chi connectivity index (χ0n) is 14.9. The van der Waals surface area contributed by atoms with Gasteiger partial charge in [-0.1, -0.05) is 65.9 Å². The van der Waals surface area contributed by atoms with Crippen molar-refractivity contribution in [3.8, 4) is 10.6 Å². The SMILES string of the molecule is O=C(CN1c2cccc3cccc(c23)S1(=O)=O)Nc1nnc(-c2ccccc2)s1.